The first-order valence-electron chi connectivity index (χ1n) is 7.51. The normalized spacial score (nSPS) is 17.1. The van der Waals surface area contributed by atoms with Crippen LogP contribution in [0.5, 0.6) is 0 Å². The van der Waals surface area contributed by atoms with E-state index < -0.39 is 26.2 Å². The molecule has 8 heteroatoms. The standard InChI is InChI=1S/C15H24N2O5S/c1-7-21-13(18)11-10-8-22-15(4,5)12(10)17(16-11)9-14(2,3)23(6,19)20/h7-9H2,1-6H3. The highest BCUT2D eigenvalue weighted by molar-refractivity contribution is 7.92. The summed E-state index contributed by atoms with van der Waals surface area (Å²) in [4.78, 5) is 12.1. The van der Waals surface area contributed by atoms with E-state index >= 15 is 0 Å². The van der Waals surface area contributed by atoms with Gasteiger partial charge in [-0.1, -0.05) is 0 Å². The number of nitrogens with zero attached hydrogens (tertiary/aromatic N) is 2. The number of fused-ring (bicyclic) bond motifs is 1. The van der Waals surface area contributed by atoms with Gasteiger partial charge in [-0.3, -0.25) is 4.68 Å². The molecule has 0 saturated heterocycles. The van der Waals surface area contributed by atoms with E-state index in [2.05, 4.69) is 5.10 Å². The minimum absolute atomic E-state index is 0.139. The molecule has 2 heterocycles. The smallest absolute Gasteiger partial charge is 0.359 e. The maximum atomic E-state index is 12.1. The molecule has 0 aliphatic carbocycles. The van der Waals surface area contributed by atoms with Crippen molar-refractivity contribution in [2.45, 2.75) is 58.1 Å². The molecule has 0 amide bonds. The van der Waals surface area contributed by atoms with Gasteiger partial charge in [0.1, 0.15) is 5.60 Å². The largest absolute Gasteiger partial charge is 0.461 e. The van der Waals surface area contributed by atoms with Crippen LogP contribution in [-0.4, -0.2) is 41.8 Å². The van der Waals surface area contributed by atoms with Gasteiger partial charge in [0.15, 0.2) is 15.5 Å². The number of esters is 1. The van der Waals surface area contributed by atoms with Crippen LogP contribution in [0.3, 0.4) is 0 Å². The third kappa shape index (κ3) is 3.14. The zero-order chi connectivity index (χ0) is 17.6. The molecule has 1 aliphatic rings. The van der Waals surface area contributed by atoms with E-state index in [0.29, 0.717) is 5.56 Å². The van der Waals surface area contributed by atoms with E-state index in [1.807, 2.05) is 13.8 Å². The van der Waals surface area contributed by atoms with Crippen molar-refractivity contribution in [1.82, 2.24) is 9.78 Å². The molecule has 0 atom stereocenters. The van der Waals surface area contributed by atoms with E-state index in [-0.39, 0.29) is 25.5 Å². The number of hydrogen-bond acceptors (Lipinski definition) is 6. The molecule has 130 valence electrons. The van der Waals surface area contributed by atoms with Crippen molar-refractivity contribution in [1.29, 1.82) is 0 Å². The number of hydrogen-bond donors (Lipinski definition) is 0. The zero-order valence-corrected chi connectivity index (χ0v) is 15.3. The van der Waals surface area contributed by atoms with Crippen molar-refractivity contribution in [3.8, 4) is 0 Å². The fourth-order valence-electron chi connectivity index (χ4n) is 2.59. The summed E-state index contributed by atoms with van der Waals surface area (Å²) >= 11 is 0. The van der Waals surface area contributed by atoms with Gasteiger partial charge in [0.2, 0.25) is 0 Å². The lowest BCUT2D eigenvalue weighted by molar-refractivity contribution is -0.0146. The molecule has 0 N–H and O–H groups in total. The highest BCUT2D eigenvalue weighted by atomic mass is 32.2. The maximum Gasteiger partial charge on any atom is 0.359 e. The van der Waals surface area contributed by atoms with Gasteiger partial charge in [-0.25, -0.2) is 13.2 Å². The van der Waals surface area contributed by atoms with Gasteiger partial charge in [0.05, 0.1) is 30.2 Å². The quantitative estimate of drug-likeness (QED) is 0.755. The topological polar surface area (TPSA) is 87.5 Å². The fraction of sp³-hybridized carbons (Fsp3) is 0.733. The number of aromatic nitrogens is 2. The molecule has 0 spiro atoms. The highest BCUT2D eigenvalue weighted by Crippen LogP contribution is 2.38. The molecular weight excluding hydrogens is 320 g/mol. The maximum absolute atomic E-state index is 12.1. The molecule has 0 bridgehead atoms. The van der Waals surface area contributed by atoms with Gasteiger partial charge in [-0.2, -0.15) is 5.10 Å². The molecule has 0 fully saturated rings. The monoisotopic (exact) mass is 344 g/mol. The Balaban J connectivity index is 2.53. The van der Waals surface area contributed by atoms with Crippen molar-refractivity contribution in [2.24, 2.45) is 0 Å². The Kier molecular flexibility index (Phi) is 4.36. The summed E-state index contributed by atoms with van der Waals surface area (Å²) in [5, 5.41) is 4.34. The summed E-state index contributed by atoms with van der Waals surface area (Å²) in [5.41, 5.74) is 0.979. The molecule has 2 rings (SSSR count). The second kappa shape index (κ2) is 5.59. The third-order valence-electron chi connectivity index (χ3n) is 4.20. The SMILES string of the molecule is CCOC(=O)c1nn(CC(C)(C)S(C)(=O)=O)c2c1COC2(C)C. The Bertz CT molecular complexity index is 731. The Morgan fingerprint density at radius 1 is 1.43 bits per heavy atom. The molecule has 0 radical (unpaired) electrons. The Morgan fingerprint density at radius 2 is 2.04 bits per heavy atom. The number of carbonyl (C=O) groups is 1. The van der Waals surface area contributed by atoms with Gasteiger partial charge in [0, 0.05) is 11.8 Å². The summed E-state index contributed by atoms with van der Waals surface area (Å²) in [7, 11) is -3.29. The first-order valence-corrected chi connectivity index (χ1v) is 9.40. The van der Waals surface area contributed by atoms with Crippen LogP contribution in [-0.2, 0) is 38.1 Å². The van der Waals surface area contributed by atoms with Crippen LogP contribution < -0.4 is 0 Å². The average molecular weight is 344 g/mol. The Hall–Kier alpha value is -1.41. The molecule has 0 saturated carbocycles. The van der Waals surface area contributed by atoms with Crippen LogP contribution in [0.4, 0.5) is 0 Å². The molecule has 0 aromatic carbocycles. The molecule has 1 aromatic heterocycles. The molecule has 1 aliphatic heterocycles. The van der Waals surface area contributed by atoms with Crippen molar-refractivity contribution >= 4 is 15.8 Å². The predicted octanol–water partition coefficient (Wildman–Crippen LogP) is 1.65. The predicted molar refractivity (Wildman–Crippen MR) is 84.9 cm³/mol. The minimum Gasteiger partial charge on any atom is -0.461 e. The van der Waals surface area contributed by atoms with Crippen molar-refractivity contribution in [3.63, 3.8) is 0 Å². The van der Waals surface area contributed by atoms with Gasteiger partial charge >= 0.3 is 5.97 Å². The van der Waals surface area contributed by atoms with E-state index in [9.17, 15) is 13.2 Å². The first kappa shape index (κ1) is 17.9. The fourth-order valence-corrected chi connectivity index (χ4v) is 2.94. The summed E-state index contributed by atoms with van der Waals surface area (Å²) in [5.74, 6) is -0.513. The van der Waals surface area contributed by atoms with Crippen LogP contribution in [0.2, 0.25) is 0 Å². The summed E-state index contributed by atoms with van der Waals surface area (Å²) in [6.07, 6.45) is 1.20. The first-order chi connectivity index (χ1) is 10.4. The Morgan fingerprint density at radius 3 is 2.57 bits per heavy atom. The lowest BCUT2D eigenvalue weighted by Crippen LogP contribution is -2.38. The number of rotatable bonds is 5. The van der Waals surface area contributed by atoms with E-state index in [0.717, 1.165) is 5.69 Å². The van der Waals surface area contributed by atoms with Crippen molar-refractivity contribution < 1.29 is 22.7 Å². The molecule has 7 nitrogen and oxygen atoms in total. The summed E-state index contributed by atoms with van der Waals surface area (Å²) in [6, 6.07) is 0. The van der Waals surface area contributed by atoms with Gasteiger partial charge in [0.25, 0.3) is 0 Å². The number of ether oxygens (including phenoxy) is 2. The molecule has 1 aromatic rings. The minimum atomic E-state index is -3.29. The van der Waals surface area contributed by atoms with Crippen molar-refractivity contribution in [2.75, 3.05) is 12.9 Å². The van der Waals surface area contributed by atoms with Crippen LogP contribution in [0.25, 0.3) is 0 Å². The van der Waals surface area contributed by atoms with Crippen LogP contribution in [0.15, 0.2) is 0 Å². The summed E-state index contributed by atoms with van der Waals surface area (Å²) < 4.78 is 35.3. The van der Waals surface area contributed by atoms with Gasteiger partial charge in [-0.05, 0) is 34.6 Å². The second-order valence-electron chi connectivity index (χ2n) is 6.88. The lowest BCUT2D eigenvalue weighted by Gasteiger charge is -2.26. The average Bonchev–Trinajstić information content (AvgIpc) is 2.88. The zero-order valence-electron chi connectivity index (χ0n) is 14.5. The lowest BCUT2D eigenvalue weighted by atomic mass is 10.0. The highest BCUT2D eigenvalue weighted by Gasteiger charge is 2.42. The molecular formula is C15H24N2O5S. The van der Waals surface area contributed by atoms with E-state index in [1.165, 1.54) is 6.26 Å². The van der Waals surface area contributed by atoms with Crippen molar-refractivity contribution in [3.05, 3.63) is 17.0 Å². The molecule has 23 heavy (non-hydrogen) atoms. The third-order valence-corrected chi connectivity index (χ3v) is 6.34. The van der Waals surface area contributed by atoms with E-state index in [4.69, 9.17) is 9.47 Å². The summed E-state index contributed by atoms with van der Waals surface area (Å²) in [6.45, 7) is 9.41. The second-order valence-corrected chi connectivity index (χ2v) is 9.53. The van der Waals surface area contributed by atoms with Crippen LogP contribution in [0, 0.1) is 0 Å². The molecule has 0 unspecified atom stereocenters. The number of carbonyl (C=O) groups excluding carboxylic acids is 1. The number of sulfone groups is 1. The van der Waals surface area contributed by atoms with Crippen LogP contribution in [0.1, 0.15) is 56.4 Å². The van der Waals surface area contributed by atoms with Crippen LogP contribution >= 0.6 is 0 Å². The van der Waals surface area contributed by atoms with Gasteiger partial charge < -0.3 is 9.47 Å². The van der Waals surface area contributed by atoms with E-state index in [1.54, 1.807) is 25.5 Å². The Labute approximate surface area is 136 Å². The van der Waals surface area contributed by atoms with Gasteiger partial charge in [-0.15, -0.1) is 0 Å².